The number of benzene rings is 1. The number of pyridine rings is 1. The van der Waals surface area contributed by atoms with E-state index in [1.807, 2.05) is 18.2 Å². The summed E-state index contributed by atoms with van der Waals surface area (Å²) >= 11 is 0. The largest absolute Gasteiger partial charge is 0.353 e. The van der Waals surface area contributed by atoms with Crippen LogP contribution in [0.15, 0.2) is 59.5 Å². The van der Waals surface area contributed by atoms with Crippen molar-refractivity contribution in [2.24, 2.45) is 0 Å². The predicted octanol–water partition coefficient (Wildman–Crippen LogP) is 2.04. The van der Waals surface area contributed by atoms with E-state index in [2.05, 4.69) is 15.0 Å². The van der Waals surface area contributed by atoms with Gasteiger partial charge in [-0.05, 0) is 31.2 Å². The minimum Gasteiger partial charge on any atom is -0.353 e. The number of nitrogens with zero attached hydrogens (tertiary/aromatic N) is 5. The zero-order valence-corrected chi connectivity index (χ0v) is 16.0. The highest BCUT2D eigenvalue weighted by Gasteiger charge is 2.26. The maximum Gasteiger partial charge on any atom is 0.278 e. The van der Waals surface area contributed by atoms with Crippen molar-refractivity contribution in [1.29, 1.82) is 0 Å². The summed E-state index contributed by atoms with van der Waals surface area (Å²) in [5, 5.41) is 4.20. The van der Waals surface area contributed by atoms with E-state index in [1.54, 1.807) is 36.2 Å². The molecule has 2 aromatic heterocycles. The Hall–Kier alpha value is -3.55. The molecule has 1 aliphatic rings. The molecule has 0 spiro atoms. The van der Waals surface area contributed by atoms with E-state index >= 15 is 0 Å². The third-order valence-electron chi connectivity index (χ3n) is 4.93. The van der Waals surface area contributed by atoms with Gasteiger partial charge in [-0.2, -0.15) is 5.10 Å². The lowest BCUT2D eigenvalue weighted by Gasteiger charge is -2.35. The Morgan fingerprint density at radius 3 is 2.45 bits per heavy atom. The van der Waals surface area contributed by atoms with E-state index in [0.29, 0.717) is 31.9 Å². The highest BCUT2D eigenvalue weighted by molar-refractivity contribution is 5.92. The summed E-state index contributed by atoms with van der Waals surface area (Å²) in [6.45, 7) is 3.77. The lowest BCUT2D eigenvalue weighted by molar-refractivity contribution is 0.0737. The van der Waals surface area contributed by atoms with Crippen molar-refractivity contribution in [3.63, 3.8) is 0 Å². The Balaban J connectivity index is 1.57. The van der Waals surface area contributed by atoms with Gasteiger partial charge < -0.3 is 9.80 Å². The molecular weight excluding hydrogens is 373 g/mol. The Bertz CT molecular complexity index is 1090. The molecule has 0 bridgehead atoms. The molecule has 1 aromatic carbocycles. The van der Waals surface area contributed by atoms with Gasteiger partial charge in [0.05, 0.1) is 0 Å². The number of halogens is 1. The van der Waals surface area contributed by atoms with Crippen LogP contribution in [-0.4, -0.2) is 51.8 Å². The second kappa shape index (κ2) is 7.83. The maximum absolute atomic E-state index is 14.2. The molecule has 0 unspecified atom stereocenters. The topological polar surface area (TPSA) is 71.3 Å². The number of para-hydroxylation sites is 1. The van der Waals surface area contributed by atoms with Gasteiger partial charge in [0.2, 0.25) is 5.43 Å². The van der Waals surface area contributed by atoms with E-state index in [0.717, 1.165) is 5.82 Å². The van der Waals surface area contributed by atoms with Crippen LogP contribution < -0.4 is 10.3 Å². The van der Waals surface area contributed by atoms with Crippen LogP contribution in [0.4, 0.5) is 10.2 Å². The van der Waals surface area contributed by atoms with Crippen LogP contribution >= 0.6 is 0 Å². The quantitative estimate of drug-likeness (QED) is 0.681. The summed E-state index contributed by atoms with van der Waals surface area (Å²) in [6, 6.07) is 13.1. The zero-order valence-electron chi connectivity index (χ0n) is 16.0. The summed E-state index contributed by atoms with van der Waals surface area (Å²) in [5.74, 6) is -0.0650. The first-order valence-corrected chi connectivity index (χ1v) is 9.36. The molecule has 1 amide bonds. The van der Waals surface area contributed by atoms with Gasteiger partial charge in [-0.25, -0.2) is 14.1 Å². The molecule has 1 saturated heterocycles. The first kappa shape index (κ1) is 18.8. The van der Waals surface area contributed by atoms with Crippen LogP contribution in [0.3, 0.4) is 0 Å². The summed E-state index contributed by atoms with van der Waals surface area (Å²) in [6.07, 6.45) is 1.73. The average Bonchev–Trinajstić information content (AvgIpc) is 2.75. The molecule has 3 aromatic rings. The monoisotopic (exact) mass is 393 g/mol. The van der Waals surface area contributed by atoms with Crippen LogP contribution in [0, 0.1) is 12.7 Å². The van der Waals surface area contributed by atoms with Crippen molar-refractivity contribution in [3.8, 4) is 5.69 Å². The van der Waals surface area contributed by atoms with Gasteiger partial charge in [0.25, 0.3) is 5.91 Å². The molecule has 0 aliphatic carbocycles. The van der Waals surface area contributed by atoms with E-state index in [9.17, 15) is 14.0 Å². The second-order valence-corrected chi connectivity index (χ2v) is 6.83. The Labute approximate surface area is 167 Å². The fraction of sp³-hybridized carbons (Fsp3) is 0.238. The molecule has 4 rings (SSSR count). The molecule has 1 fully saturated rings. The summed E-state index contributed by atoms with van der Waals surface area (Å²) in [4.78, 5) is 33.4. The maximum atomic E-state index is 14.2. The van der Waals surface area contributed by atoms with Gasteiger partial charge in [0.1, 0.15) is 17.3 Å². The first-order chi connectivity index (χ1) is 14.0. The minimum atomic E-state index is -0.478. The predicted molar refractivity (Wildman–Crippen MR) is 107 cm³/mol. The normalized spacial score (nSPS) is 14.1. The van der Waals surface area contributed by atoms with E-state index in [-0.39, 0.29) is 11.4 Å². The molecule has 0 atom stereocenters. The zero-order chi connectivity index (χ0) is 20.4. The van der Waals surface area contributed by atoms with E-state index in [4.69, 9.17) is 0 Å². The lowest BCUT2D eigenvalue weighted by atomic mass is 10.2. The molecule has 29 heavy (non-hydrogen) atoms. The van der Waals surface area contributed by atoms with E-state index in [1.165, 1.54) is 16.8 Å². The van der Waals surface area contributed by atoms with Gasteiger partial charge >= 0.3 is 0 Å². The smallest absolute Gasteiger partial charge is 0.278 e. The number of hydrogen-bond donors (Lipinski definition) is 0. The van der Waals surface area contributed by atoms with Gasteiger partial charge in [-0.1, -0.05) is 18.2 Å². The minimum absolute atomic E-state index is 0.194. The number of hydrogen-bond acceptors (Lipinski definition) is 5. The third-order valence-corrected chi connectivity index (χ3v) is 4.93. The number of aryl methyl sites for hydroxylation is 1. The highest BCUT2D eigenvalue weighted by atomic mass is 19.1. The molecule has 8 heteroatoms. The summed E-state index contributed by atoms with van der Waals surface area (Å²) in [5.41, 5.74) is -0.0203. The van der Waals surface area contributed by atoms with Crippen molar-refractivity contribution in [2.45, 2.75) is 6.92 Å². The standard InChI is InChI=1S/C21H20FN5O2/c1-15-14-18(28)20(24-27(15)17-7-3-2-6-16(17)22)21(29)26-12-10-25(11-13-26)19-8-4-5-9-23-19/h2-9,14H,10-13H2,1H3. The molecule has 3 heterocycles. The van der Waals surface area contributed by atoms with Gasteiger partial charge in [-0.3, -0.25) is 9.59 Å². The number of carbonyl (C=O) groups excluding carboxylic acids is 1. The van der Waals surface area contributed by atoms with Gasteiger partial charge in [-0.15, -0.1) is 0 Å². The fourth-order valence-corrected chi connectivity index (χ4v) is 3.39. The number of carbonyl (C=O) groups is 1. The molecular formula is C21H20FN5O2. The number of rotatable bonds is 3. The van der Waals surface area contributed by atoms with Gasteiger partial charge in [0, 0.05) is 44.1 Å². The molecule has 7 nitrogen and oxygen atoms in total. The third kappa shape index (κ3) is 3.73. The molecule has 0 saturated carbocycles. The Morgan fingerprint density at radius 1 is 1.03 bits per heavy atom. The summed E-state index contributed by atoms with van der Waals surface area (Å²) < 4.78 is 15.5. The SMILES string of the molecule is Cc1cc(=O)c(C(=O)N2CCN(c3ccccn3)CC2)nn1-c1ccccc1F. The highest BCUT2D eigenvalue weighted by Crippen LogP contribution is 2.15. The molecule has 0 N–H and O–H groups in total. The number of piperazine rings is 1. The van der Waals surface area contributed by atoms with Crippen molar-refractivity contribution in [2.75, 3.05) is 31.1 Å². The molecule has 1 aliphatic heterocycles. The summed E-state index contributed by atoms with van der Waals surface area (Å²) in [7, 11) is 0. The van der Waals surface area contributed by atoms with Crippen molar-refractivity contribution >= 4 is 11.7 Å². The lowest BCUT2D eigenvalue weighted by Crippen LogP contribution is -2.50. The van der Waals surface area contributed by atoms with Crippen LogP contribution in [0.1, 0.15) is 16.2 Å². The van der Waals surface area contributed by atoms with Crippen molar-refractivity contribution in [3.05, 3.63) is 82.2 Å². The fourth-order valence-electron chi connectivity index (χ4n) is 3.39. The average molecular weight is 393 g/mol. The number of anilines is 1. The number of amides is 1. The van der Waals surface area contributed by atoms with Crippen LogP contribution in [-0.2, 0) is 0 Å². The molecule has 0 radical (unpaired) electrons. The van der Waals surface area contributed by atoms with Gasteiger partial charge in [0.15, 0.2) is 5.69 Å². The number of aromatic nitrogens is 3. The Morgan fingerprint density at radius 2 is 1.76 bits per heavy atom. The van der Waals surface area contributed by atoms with Crippen LogP contribution in [0.25, 0.3) is 5.69 Å². The Kier molecular flexibility index (Phi) is 5.07. The second-order valence-electron chi connectivity index (χ2n) is 6.83. The van der Waals surface area contributed by atoms with Crippen LogP contribution in [0.5, 0.6) is 0 Å². The van der Waals surface area contributed by atoms with Crippen molar-refractivity contribution in [1.82, 2.24) is 19.7 Å². The van der Waals surface area contributed by atoms with E-state index < -0.39 is 17.2 Å². The van der Waals surface area contributed by atoms with Crippen molar-refractivity contribution < 1.29 is 9.18 Å². The van der Waals surface area contributed by atoms with Crippen LogP contribution in [0.2, 0.25) is 0 Å². The first-order valence-electron chi connectivity index (χ1n) is 9.36. The molecule has 148 valence electrons.